The lowest BCUT2D eigenvalue weighted by Gasteiger charge is -2.27. The molecule has 0 radical (unpaired) electrons. The molecule has 0 aromatic carbocycles. The third-order valence-electron chi connectivity index (χ3n) is 2.34. The first-order valence-corrected chi connectivity index (χ1v) is 4.89. The van der Waals surface area contributed by atoms with Gasteiger partial charge in [0.1, 0.15) is 12.3 Å². The van der Waals surface area contributed by atoms with Crippen LogP contribution in [-0.4, -0.2) is 24.0 Å². The number of ether oxygens (including phenoxy) is 1. The summed E-state index contributed by atoms with van der Waals surface area (Å²) >= 11 is 0. The van der Waals surface area contributed by atoms with Gasteiger partial charge in [-0.2, -0.15) is 13.2 Å². The van der Waals surface area contributed by atoms with Crippen molar-refractivity contribution in [2.24, 2.45) is 0 Å². The number of hydrogen-bond acceptors (Lipinski definition) is 3. The highest BCUT2D eigenvalue weighted by Crippen LogP contribution is 2.35. The van der Waals surface area contributed by atoms with Crippen molar-refractivity contribution in [3.8, 4) is 5.75 Å². The van der Waals surface area contributed by atoms with Crippen molar-refractivity contribution < 1.29 is 22.7 Å². The van der Waals surface area contributed by atoms with Gasteiger partial charge in [-0.05, 0) is 12.1 Å². The first kappa shape index (κ1) is 11.7. The summed E-state index contributed by atoms with van der Waals surface area (Å²) in [6, 6.07) is 2.02. The van der Waals surface area contributed by atoms with E-state index in [2.05, 4.69) is 4.98 Å². The Morgan fingerprint density at radius 3 is 2.76 bits per heavy atom. The van der Waals surface area contributed by atoms with E-state index in [-0.39, 0.29) is 30.6 Å². The van der Waals surface area contributed by atoms with Gasteiger partial charge in [-0.1, -0.05) is 0 Å². The molecule has 1 amide bonds. The molecule has 2 heterocycles. The molecule has 1 aromatic heterocycles. The number of anilines is 1. The van der Waals surface area contributed by atoms with Gasteiger partial charge in [0, 0.05) is 6.92 Å². The maximum Gasteiger partial charge on any atom is 0.433 e. The van der Waals surface area contributed by atoms with Gasteiger partial charge in [-0.3, -0.25) is 9.69 Å². The largest absolute Gasteiger partial charge is 0.488 e. The number of halogens is 3. The summed E-state index contributed by atoms with van der Waals surface area (Å²) in [4.78, 5) is 15.9. The van der Waals surface area contributed by atoms with E-state index in [1.165, 1.54) is 17.9 Å². The Morgan fingerprint density at radius 2 is 2.18 bits per heavy atom. The van der Waals surface area contributed by atoms with E-state index in [1.54, 1.807) is 0 Å². The Kier molecular flexibility index (Phi) is 2.68. The van der Waals surface area contributed by atoms with Crippen molar-refractivity contribution in [3.05, 3.63) is 17.8 Å². The fourth-order valence-corrected chi connectivity index (χ4v) is 1.56. The molecule has 0 N–H and O–H groups in total. The molecule has 4 nitrogen and oxygen atoms in total. The van der Waals surface area contributed by atoms with Gasteiger partial charge in [-0.25, -0.2) is 4.98 Å². The lowest BCUT2D eigenvalue weighted by Crippen LogP contribution is -2.37. The molecule has 1 aliphatic rings. The Labute approximate surface area is 95.0 Å². The number of carbonyl (C=O) groups excluding carboxylic acids is 1. The predicted octanol–water partition coefficient (Wildman–Crippen LogP) is 1.85. The lowest BCUT2D eigenvalue weighted by molar-refractivity contribution is -0.141. The molecule has 0 atom stereocenters. The highest BCUT2D eigenvalue weighted by Gasteiger charge is 2.35. The van der Waals surface area contributed by atoms with Crippen LogP contribution in [0.25, 0.3) is 0 Å². The molecule has 0 spiro atoms. The monoisotopic (exact) mass is 246 g/mol. The number of nitrogens with zero attached hydrogens (tertiary/aromatic N) is 2. The smallest absolute Gasteiger partial charge is 0.433 e. The predicted molar refractivity (Wildman–Crippen MR) is 52.8 cm³/mol. The van der Waals surface area contributed by atoms with Gasteiger partial charge in [-0.15, -0.1) is 0 Å². The van der Waals surface area contributed by atoms with Crippen LogP contribution in [-0.2, 0) is 11.0 Å². The molecule has 0 saturated heterocycles. The van der Waals surface area contributed by atoms with Crippen LogP contribution in [0.5, 0.6) is 5.75 Å². The molecule has 17 heavy (non-hydrogen) atoms. The Bertz CT molecular complexity index is 459. The Hall–Kier alpha value is -1.79. The maximum absolute atomic E-state index is 12.5. The second kappa shape index (κ2) is 3.90. The van der Waals surface area contributed by atoms with Crippen LogP contribution in [0.15, 0.2) is 12.1 Å². The van der Waals surface area contributed by atoms with E-state index in [9.17, 15) is 18.0 Å². The zero-order valence-electron chi connectivity index (χ0n) is 8.91. The molecule has 7 heteroatoms. The number of pyridine rings is 1. The van der Waals surface area contributed by atoms with Crippen LogP contribution < -0.4 is 9.64 Å². The van der Waals surface area contributed by atoms with E-state index in [0.717, 1.165) is 6.07 Å². The summed E-state index contributed by atoms with van der Waals surface area (Å²) in [6.45, 7) is 1.73. The Morgan fingerprint density at radius 1 is 1.47 bits per heavy atom. The molecular weight excluding hydrogens is 237 g/mol. The fraction of sp³-hybridized carbons (Fsp3) is 0.400. The summed E-state index contributed by atoms with van der Waals surface area (Å²) in [6.07, 6.45) is -4.53. The highest BCUT2D eigenvalue weighted by molar-refractivity contribution is 5.92. The van der Waals surface area contributed by atoms with Crippen molar-refractivity contribution in [1.29, 1.82) is 0 Å². The van der Waals surface area contributed by atoms with Gasteiger partial charge >= 0.3 is 6.18 Å². The SMILES string of the molecule is CC(=O)N1CCOc2ccc(C(F)(F)F)nc21. The summed E-state index contributed by atoms with van der Waals surface area (Å²) in [5.74, 6) is -0.237. The molecule has 0 bridgehead atoms. The van der Waals surface area contributed by atoms with Crippen LogP contribution in [0.1, 0.15) is 12.6 Å². The molecule has 0 saturated carbocycles. The highest BCUT2D eigenvalue weighted by atomic mass is 19.4. The van der Waals surface area contributed by atoms with Crippen molar-refractivity contribution >= 4 is 11.7 Å². The summed E-state index contributed by atoms with van der Waals surface area (Å²) < 4.78 is 42.6. The quantitative estimate of drug-likeness (QED) is 0.701. The zero-order chi connectivity index (χ0) is 12.6. The molecule has 2 rings (SSSR count). The lowest BCUT2D eigenvalue weighted by atomic mass is 10.3. The van der Waals surface area contributed by atoms with Crippen molar-refractivity contribution in [3.63, 3.8) is 0 Å². The topological polar surface area (TPSA) is 42.4 Å². The number of carbonyl (C=O) groups is 1. The number of hydrogen-bond donors (Lipinski definition) is 0. The summed E-state index contributed by atoms with van der Waals surface area (Å²) in [5.41, 5.74) is -1.03. The molecular formula is C10H9F3N2O2. The fourth-order valence-electron chi connectivity index (χ4n) is 1.56. The van der Waals surface area contributed by atoms with Crippen LogP contribution in [0.2, 0.25) is 0 Å². The third kappa shape index (κ3) is 2.17. The average molecular weight is 246 g/mol. The first-order chi connectivity index (χ1) is 7.89. The maximum atomic E-state index is 12.5. The second-order valence-corrected chi connectivity index (χ2v) is 3.54. The van der Waals surface area contributed by atoms with Crippen LogP contribution >= 0.6 is 0 Å². The number of fused-ring (bicyclic) bond motifs is 1. The van der Waals surface area contributed by atoms with E-state index < -0.39 is 11.9 Å². The average Bonchev–Trinajstić information content (AvgIpc) is 2.26. The number of rotatable bonds is 0. The number of aromatic nitrogens is 1. The molecule has 0 unspecified atom stereocenters. The van der Waals surface area contributed by atoms with Gasteiger partial charge < -0.3 is 4.74 Å². The second-order valence-electron chi connectivity index (χ2n) is 3.54. The number of amides is 1. The Balaban J connectivity index is 2.48. The first-order valence-electron chi connectivity index (χ1n) is 4.89. The zero-order valence-corrected chi connectivity index (χ0v) is 8.91. The minimum Gasteiger partial charge on any atom is -0.488 e. The van der Waals surface area contributed by atoms with Gasteiger partial charge in [0.05, 0.1) is 6.54 Å². The molecule has 1 aromatic rings. The van der Waals surface area contributed by atoms with Gasteiger partial charge in [0.2, 0.25) is 5.91 Å². The standard InChI is InChI=1S/C10H9F3N2O2/c1-6(16)15-4-5-17-7-2-3-8(10(11,12)13)14-9(7)15/h2-3H,4-5H2,1H3. The van der Waals surface area contributed by atoms with Crippen molar-refractivity contribution in [2.45, 2.75) is 13.1 Å². The van der Waals surface area contributed by atoms with Crippen molar-refractivity contribution in [2.75, 3.05) is 18.1 Å². The number of alkyl halides is 3. The van der Waals surface area contributed by atoms with Gasteiger partial charge in [0.25, 0.3) is 0 Å². The van der Waals surface area contributed by atoms with Crippen LogP contribution in [0, 0.1) is 0 Å². The van der Waals surface area contributed by atoms with E-state index in [1.807, 2.05) is 0 Å². The van der Waals surface area contributed by atoms with Crippen LogP contribution in [0.4, 0.5) is 19.0 Å². The van der Waals surface area contributed by atoms with Gasteiger partial charge in [0.15, 0.2) is 11.6 Å². The molecule has 0 fully saturated rings. The summed E-state index contributed by atoms with van der Waals surface area (Å²) in [5, 5.41) is 0. The third-order valence-corrected chi connectivity index (χ3v) is 2.34. The van der Waals surface area contributed by atoms with Crippen LogP contribution in [0.3, 0.4) is 0 Å². The van der Waals surface area contributed by atoms with Crippen molar-refractivity contribution in [1.82, 2.24) is 4.98 Å². The summed E-state index contributed by atoms with van der Waals surface area (Å²) in [7, 11) is 0. The molecule has 92 valence electrons. The van der Waals surface area contributed by atoms with E-state index in [4.69, 9.17) is 4.74 Å². The van der Waals surface area contributed by atoms with E-state index in [0.29, 0.717) is 0 Å². The molecule has 1 aliphatic heterocycles. The minimum atomic E-state index is -4.53. The van der Waals surface area contributed by atoms with E-state index >= 15 is 0 Å². The minimum absolute atomic E-state index is 0.0708. The normalized spacial score (nSPS) is 15.2. The molecule has 0 aliphatic carbocycles.